The number of amidine groups is 1. The maximum Gasteiger partial charge on any atom is 0.237 e. The third-order valence-electron chi connectivity index (χ3n) is 2.55. The highest BCUT2D eigenvalue weighted by atomic mass is 16.5. The molecule has 0 aliphatic rings. The third kappa shape index (κ3) is 3.14. The van der Waals surface area contributed by atoms with Crippen molar-refractivity contribution in [3.8, 4) is 11.6 Å². The van der Waals surface area contributed by atoms with E-state index < -0.39 is 0 Å². The zero-order valence-corrected chi connectivity index (χ0v) is 11.2. The van der Waals surface area contributed by atoms with Crippen molar-refractivity contribution in [2.45, 2.75) is 0 Å². The maximum atomic E-state index is 8.53. The van der Waals surface area contributed by atoms with E-state index in [-0.39, 0.29) is 11.5 Å². The predicted molar refractivity (Wildman–Crippen MR) is 75.4 cm³/mol. The molecule has 20 heavy (non-hydrogen) atoms. The Bertz CT molecular complexity index is 610. The number of rotatable bonds is 4. The molecule has 0 unspecified atom stereocenters. The van der Waals surface area contributed by atoms with Crippen molar-refractivity contribution in [2.24, 2.45) is 10.9 Å². The molecule has 1 aromatic heterocycles. The Morgan fingerprint density at radius 1 is 1.30 bits per heavy atom. The van der Waals surface area contributed by atoms with Crippen LogP contribution >= 0.6 is 0 Å². The summed E-state index contributed by atoms with van der Waals surface area (Å²) < 4.78 is 5.59. The van der Waals surface area contributed by atoms with Crippen molar-refractivity contribution < 1.29 is 9.94 Å². The van der Waals surface area contributed by atoms with Gasteiger partial charge in [0.05, 0.1) is 12.4 Å². The summed E-state index contributed by atoms with van der Waals surface area (Å²) in [6.07, 6.45) is 2.79. The molecule has 0 bridgehead atoms. The van der Waals surface area contributed by atoms with E-state index in [1.54, 1.807) is 0 Å². The van der Waals surface area contributed by atoms with E-state index >= 15 is 0 Å². The van der Waals surface area contributed by atoms with Gasteiger partial charge in [-0.05, 0) is 12.1 Å². The molecule has 0 saturated carbocycles. The van der Waals surface area contributed by atoms with E-state index in [4.69, 9.17) is 15.7 Å². The topological polar surface area (TPSA) is 96.9 Å². The number of ether oxygens (including phenoxy) is 1. The molecular weight excluding hydrogens is 258 g/mol. The van der Waals surface area contributed by atoms with Gasteiger partial charge in [-0.15, -0.1) is 0 Å². The molecule has 0 aliphatic heterocycles. The fourth-order valence-corrected chi connectivity index (χ4v) is 1.50. The fraction of sp³-hybridized carbons (Fsp3) is 0.154. The summed E-state index contributed by atoms with van der Waals surface area (Å²) in [5, 5.41) is 11.4. The largest absolute Gasteiger partial charge is 0.437 e. The van der Waals surface area contributed by atoms with Gasteiger partial charge in [0.2, 0.25) is 5.88 Å². The van der Waals surface area contributed by atoms with Gasteiger partial charge in [-0.1, -0.05) is 11.2 Å². The van der Waals surface area contributed by atoms with Crippen LogP contribution in [0.5, 0.6) is 11.6 Å². The fourth-order valence-electron chi connectivity index (χ4n) is 1.50. The molecule has 0 spiro atoms. The molecule has 0 atom stereocenters. The number of oxime groups is 1. The lowest BCUT2D eigenvalue weighted by molar-refractivity contribution is 0.318. The Balaban J connectivity index is 2.16. The zero-order valence-electron chi connectivity index (χ0n) is 11.2. The van der Waals surface area contributed by atoms with Crippen molar-refractivity contribution in [2.75, 3.05) is 19.0 Å². The molecule has 7 heteroatoms. The minimum absolute atomic E-state index is 0.0985. The second kappa shape index (κ2) is 5.87. The SMILES string of the molecule is CN(C)c1cccc(Oc2cnc(C(N)=NO)cn2)c1. The lowest BCUT2D eigenvalue weighted by Gasteiger charge is -2.13. The van der Waals surface area contributed by atoms with Gasteiger partial charge in [0, 0.05) is 25.8 Å². The van der Waals surface area contributed by atoms with Gasteiger partial charge in [0.15, 0.2) is 5.84 Å². The van der Waals surface area contributed by atoms with Gasteiger partial charge in [-0.2, -0.15) is 0 Å². The number of hydrogen-bond donors (Lipinski definition) is 2. The van der Waals surface area contributed by atoms with Gasteiger partial charge >= 0.3 is 0 Å². The summed E-state index contributed by atoms with van der Waals surface area (Å²) in [6.45, 7) is 0. The summed E-state index contributed by atoms with van der Waals surface area (Å²) in [4.78, 5) is 10.0. The molecule has 104 valence electrons. The molecule has 7 nitrogen and oxygen atoms in total. The van der Waals surface area contributed by atoms with Gasteiger partial charge in [-0.25, -0.2) is 9.97 Å². The number of benzene rings is 1. The van der Waals surface area contributed by atoms with Crippen LogP contribution in [0.25, 0.3) is 0 Å². The quantitative estimate of drug-likeness (QED) is 0.378. The van der Waals surface area contributed by atoms with E-state index in [0.29, 0.717) is 11.6 Å². The van der Waals surface area contributed by atoms with E-state index in [2.05, 4.69) is 15.1 Å². The van der Waals surface area contributed by atoms with Crippen molar-refractivity contribution in [1.82, 2.24) is 9.97 Å². The van der Waals surface area contributed by atoms with Crippen LogP contribution in [0.15, 0.2) is 41.8 Å². The first kappa shape index (κ1) is 13.6. The maximum absolute atomic E-state index is 8.53. The summed E-state index contributed by atoms with van der Waals surface area (Å²) in [5.41, 5.74) is 6.70. The zero-order chi connectivity index (χ0) is 14.5. The molecule has 3 N–H and O–H groups in total. The van der Waals surface area contributed by atoms with Crippen molar-refractivity contribution in [3.05, 3.63) is 42.4 Å². The van der Waals surface area contributed by atoms with Crippen molar-refractivity contribution in [1.29, 1.82) is 0 Å². The molecule has 0 saturated heterocycles. The van der Waals surface area contributed by atoms with Crippen LogP contribution in [0.2, 0.25) is 0 Å². The van der Waals surface area contributed by atoms with Crippen molar-refractivity contribution >= 4 is 11.5 Å². The van der Waals surface area contributed by atoms with Crippen molar-refractivity contribution in [3.63, 3.8) is 0 Å². The highest BCUT2D eigenvalue weighted by molar-refractivity contribution is 5.94. The average Bonchev–Trinajstić information content (AvgIpc) is 2.47. The molecule has 1 aromatic carbocycles. The summed E-state index contributed by atoms with van der Waals surface area (Å²) in [6, 6.07) is 7.58. The molecule has 0 amide bonds. The highest BCUT2D eigenvalue weighted by Crippen LogP contribution is 2.23. The Labute approximate surface area is 116 Å². The number of nitrogens with two attached hydrogens (primary N) is 1. The molecule has 0 fully saturated rings. The van der Waals surface area contributed by atoms with Crippen LogP contribution in [-0.2, 0) is 0 Å². The lowest BCUT2D eigenvalue weighted by Crippen LogP contribution is -2.15. The van der Waals surface area contributed by atoms with Crippen LogP contribution in [-0.4, -0.2) is 35.1 Å². The van der Waals surface area contributed by atoms with Gasteiger partial charge in [-0.3, -0.25) is 0 Å². The monoisotopic (exact) mass is 273 g/mol. The molecule has 2 rings (SSSR count). The predicted octanol–water partition coefficient (Wildman–Crippen LogP) is 1.43. The molecule has 2 aromatic rings. The van der Waals surface area contributed by atoms with Gasteiger partial charge < -0.3 is 20.6 Å². The first-order valence-electron chi connectivity index (χ1n) is 5.85. The summed E-state index contributed by atoms with van der Waals surface area (Å²) >= 11 is 0. The number of nitrogens with zero attached hydrogens (tertiary/aromatic N) is 4. The highest BCUT2D eigenvalue weighted by Gasteiger charge is 2.05. The van der Waals surface area contributed by atoms with E-state index in [1.807, 2.05) is 43.3 Å². The van der Waals surface area contributed by atoms with E-state index in [1.165, 1.54) is 12.4 Å². The van der Waals surface area contributed by atoms with E-state index in [0.717, 1.165) is 5.69 Å². The Kier molecular flexibility index (Phi) is 3.99. The van der Waals surface area contributed by atoms with Gasteiger partial charge in [0.1, 0.15) is 11.4 Å². The van der Waals surface area contributed by atoms with Crippen LogP contribution in [0, 0.1) is 0 Å². The van der Waals surface area contributed by atoms with Crippen LogP contribution in [0.4, 0.5) is 5.69 Å². The normalized spacial score (nSPS) is 11.2. The van der Waals surface area contributed by atoms with Crippen LogP contribution < -0.4 is 15.4 Å². The smallest absolute Gasteiger partial charge is 0.237 e. The minimum Gasteiger partial charge on any atom is -0.437 e. The van der Waals surface area contributed by atoms with Gasteiger partial charge in [0.25, 0.3) is 0 Å². The molecule has 1 heterocycles. The van der Waals surface area contributed by atoms with E-state index in [9.17, 15) is 0 Å². The van der Waals surface area contributed by atoms with Crippen LogP contribution in [0.1, 0.15) is 5.69 Å². The first-order valence-corrected chi connectivity index (χ1v) is 5.85. The molecule has 0 aliphatic carbocycles. The Hall–Kier alpha value is -2.83. The third-order valence-corrected chi connectivity index (χ3v) is 2.55. The molecular formula is C13H15N5O2. The number of aromatic nitrogens is 2. The Morgan fingerprint density at radius 3 is 2.70 bits per heavy atom. The molecule has 0 radical (unpaired) electrons. The summed E-state index contributed by atoms with van der Waals surface area (Å²) in [7, 11) is 3.90. The Morgan fingerprint density at radius 2 is 2.10 bits per heavy atom. The average molecular weight is 273 g/mol. The number of anilines is 1. The first-order chi connectivity index (χ1) is 9.60. The summed E-state index contributed by atoms with van der Waals surface area (Å²) in [5.74, 6) is 0.885. The second-order valence-electron chi connectivity index (χ2n) is 4.22. The minimum atomic E-state index is -0.0985. The second-order valence-corrected chi connectivity index (χ2v) is 4.22. The number of hydrogen-bond acceptors (Lipinski definition) is 6. The lowest BCUT2D eigenvalue weighted by atomic mass is 10.3. The standard InChI is InChI=1S/C13H15N5O2/c1-18(2)9-4-3-5-10(6-9)20-12-8-15-11(7-16-12)13(14)17-19/h3-8,19H,1-2H3,(H2,14,17). The van der Waals surface area contributed by atoms with Crippen LogP contribution in [0.3, 0.4) is 0 Å².